The molecule has 0 aromatic carbocycles. The Hall–Kier alpha value is -0.673. The molecule has 2 nitrogen and oxygen atoms in total. The summed E-state index contributed by atoms with van der Waals surface area (Å²) >= 11 is 0. The molecular formula is C12H20N2Si. The second-order valence-electron chi connectivity index (χ2n) is 5.31. The standard InChI is InChI=1S/C12H20N2Si/c1-15(2,3)14-9-5-7-12(14)11-6-4-8-13-10-11/h4,6,8,10,12H,5,7,9H2,1-3H3/t12-/m0/s1. The van der Waals surface area contributed by atoms with E-state index in [4.69, 9.17) is 0 Å². The monoisotopic (exact) mass is 220 g/mol. The van der Waals surface area contributed by atoms with Gasteiger partial charge in [-0.05, 0) is 31.0 Å². The minimum Gasteiger partial charge on any atom is -0.317 e. The summed E-state index contributed by atoms with van der Waals surface area (Å²) in [6, 6.07) is 4.90. The van der Waals surface area contributed by atoms with Gasteiger partial charge in [-0.1, -0.05) is 25.7 Å². The number of aromatic nitrogens is 1. The molecular weight excluding hydrogens is 200 g/mol. The zero-order valence-electron chi connectivity index (χ0n) is 9.90. The van der Waals surface area contributed by atoms with Crippen molar-refractivity contribution in [2.24, 2.45) is 0 Å². The van der Waals surface area contributed by atoms with Gasteiger partial charge in [0, 0.05) is 18.4 Å². The minimum atomic E-state index is -1.16. The van der Waals surface area contributed by atoms with Crippen LogP contribution in [0.1, 0.15) is 24.4 Å². The van der Waals surface area contributed by atoms with E-state index in [-0.39, 0.29) is 0 Å². The molecule has 1 aliphatic heterocycles. The van der Waals surface area contributed by atoms with Crippen LogP contribution in [0.25, 0.3) is 0 Å². The average Bonchev–Trinajstić information content (AvgIpc) is 2.67. The zero-order valence-corrected chi connectivity index (χ0v) is 10.9. The molecule has 15 heavy (non-hydrogen) atoms. The molecule has 1 aromatic heterocycles. The van der Waals surface area contributed by atoms with Crippen molar-refractivity contribution >= 4 is 8.24 Å². The highest BCUT2D eigenvalue weighted by molar-refractivity contribution is 6.73. The van der Waals surface area contributed by atoms with Crippen LogP contribution in [0.5, 0.6) is 0 Å². The lowest BCUT2D eigenvalue weighted by atomic mass is 10.1. The number of pyridine rings is 1. The molecule has 0 amide bonds. The third kappa shape index (κ3) is 2.29. The topological polar surface area (TPSA) is 16.1 Å². The van der Waals surface area contributed by atoms with Gasteiger partial charge in [0.1, 0.15) is 8.24 Å². The van der Waals surface area contributed by atoms with Crippen molar-refractivity contribution in [3.8, 4) is 0 Å². The van der Waals surface area contributed by atoms with Crippen molar-refractivity contribution in [2.45, 2.75) is 38.5 Å². The lowest BCUT2D eigenvalue weighted by molar-refractivity contribution is 0.404. The van der Waals surface area contributed by atoms with E-state index in [9.17, 15) is 0 Å². The Labute approximate surface area is 93.4 Å². The van der Waals surface area contributed by atoms with Crippen LogP contribution >= 0.6 is 0 Å². The quantitative estimate of drug-likeness (QED) is 0.712. The van der Waals surface area contributed by atoms with Crippen molar-refractivity contribution in [2.75, 3.05) is 6.54 Å². The molecule has 0 saturated carbocycles. The molecule has 0 spiro atoms. The lowest BCUT2D eigenvalue weighted by Crippen LogP contribution is -2.45. The van der Waals surface area contributed by atoms with Gasteiger partial charge in [0.25, 0.3) is 0 Å². The second-order valence-corrected chi connectivity index (χ2v) is 10.2. The van der Waals surface area contributed by atoms with Crippen LogP contribution in [0.4, 0.5) is 0 Å². The van der Waals surface area contributed by atoms with Gasteiger partial charge in [-0.3, -0.25) is 4.98 Å². The maximum Gasteiger partial charge on any atom is 0.119 e. The molecule has 0 N–H and O–H groups in total. The highest BCUT2D eigenvalue weighted by Crippen LogP contribution is 2.35. The third-order valence-electron chi connectivity index (χ3n) is 3.18. The molecule has 0 aliphatic carbocycles. The highest BCUT2D eigenvalue weighted by atomic mass is 28.3. The number of hydrogen-bond donors (Lipinski definition) is 0. The van der Waals surface area contributed by atoms with Crippen molar-refractivity contribution in [1.29, 1.82) is 0 Å². The largest absolute Gasteiger partial charge is 0.317 e. The molecule has 0 radical (unpaired) electrons. The van der Waals surface area contributed by atoms with Gasteiger partial charge in [-0.15, -0.1) is 0 Å². The first kappa shape index (κ1) is 10.8. The summed E-state index contributed by atoms with van der Waals surface area (Å²) in [5.41, 5.74) is 1.40. The molecule has 1 atom stereocenters. The molecule has 2 heterocycles. The van der Waals surface area contributed by atoms with Gasteiger partial charge in [0.15, 0.2) is 0 Å². The van der Waals surface area contributed by atoms with E-state index >= 15 is 0 Å². The smallest absolute Gasteiger partial charge is 0.119 e. The van der Waals surface area contributed by atoms with Crippen molar-refractivity contribution in [3.05, 3.63) is 30.1 Å². The first-order valence-electron chi connectivity index (χ1n) is 5.76. The predicted molar refractivity (Wildman–Crippen MR) is 66.3 cm³/mol. The lowest BCUT2D eigenvalue weighted by Gasteiger charge is -2.35. The number of rotatable bonds is 2. The maximum atomic E-state index is 4.23. The Balaban J connectivity index is 2.23. The summed E-state index contributed by atoms with van der Waals surface area (Å²) in [5.74, 6) is 0. The Bertz CT molecular complexity index is 318. The van der Waals surface area contributed by atoms with Crippen LogP contribution in [0.15, 0.2) is 24.5 Å². The fourth-order valence-electron chi connectivity index (χ4n) is 2.49. The summed E-state index contributed by atoms with van der Waals surface area (Å²) in [4.78, 5) is 4.23. The van der Waals surface area contributed by atoms with Crippen molar-refractivity contribution in [1.82, 2.24) is 9.55 Å². The molecule has 2 rings (SSSR count). The van der Waals surface area contributed by atoms with Crippen LogP contribution in [-0.4, -0.2) is 24.3 Å². The van der Waals surface area contributed by atoms with Crippen LogP contribution < -0.4 is 0 Å². The van der Waals surface area contributed by atoms with Crippen LogP contribution in [0, 0.1) is 0 Å². The van der Waals surface area contributed by atoms with E-state index in [0.717, 1.165) is 0 Å². The Morgan fingerprint density at radius 3 is 2.80 bits per heavy atom. The Kier molecular flexibility index (Phi) is 2.93. The maximum absolute atomic E-state index is 4.23. The summed E-state index contributed by atoms with van der Waals surface area (Å²) < 4.78 is 2.73. The molecule has 82 valence electrons. The molecule has 1 aliphatic rings. The summed E-state index contributed by atoms with van der Waals surface area (Å²) in [6.45, 7) is 8.57. The van der Waals surface area contributed by atoms with E-state index < -0.39 is 8.24 Å². The predicted octanol–water partition coefficient (Wildman–Crippen LogP) is 3.05. The van der Waals surface area contributed by atoms with Gasteiger partial charge >= 0.3 is 0 Å². The zero-order chi connectivity index (χ0) is 10.9. The second kappa shape index (κ2) is 4.06. The summed E-state index contributed by atoms with van der Waals surface area (Å²) in [6.07, 6.45) is 6.53. The summed E-state index contributed by atoms with van der Waals surface area (Å²) in [7, 11) is -1.16. The highest BCUT2D eigenvalue weighted by Gasteiger charge is 2.34. The number of nitrogens with zero attached hydrogens (tertiary/aromatic N) is 2. The summed E-state index contributed by atoms with van der Waals surface area (Å²) in [5, 5.41) is 0. The average molecular weight is 220 g/mol. The van der Waals surface area contributed by atoms with Crippen LogP contribution in [0.3, 0.4) is 0 Å². The van der Waals surface area contributed by atoms with E-state index in [0.29, 0.717) is 6.04 Å². The number of hydrogen-bond acceptors (Lipinski definition) is 2. The Morgan fingerprint density at radius 1 is 1.40 bits per heavy atom. The van der Waals surface area contributed by atoms with Crippen molar-refractivity contribution in [3.63, 3.8) is 0 Å². The first-order valence-corrected chi connectivity index (χ1v) is 9.20. The normalized spacial score (nSPS) is 23.3. The fourth-order valence-corrected chi connectivity index (χ4v) is 4.53. The SMILES string of the molecule is C[Si](C)(C)N1CCC[C@H]1c1cccnc1. The molecule has 1 fully saturated rings. The molecule has 0 unspecified atom stereocenters. The van der Waals surface area contributed by atoms with Gasteiger partial charge < -0.3 is 4.57 Å². The van der Waals surface area contributed by atoms with Crippen LogP contribution in [0.2, 0.25) is 19.6 Å². The van der Waals surface area contributed by atoms with Gasteiger partial charge in [-0.25, -0.2) is 0 Å². The van der Waals surface area contributed by atoms with E-state index in [2.05, 4.69) is 41.3 Å². The van der Waals surface area contributed by atoms with Gasteiger partial charge in [0.05, 0.1) is 0 Å². The fraction of sp³-hybridized carbons (Fsp3) is 0.583. The Morgan fingerprint density at radius 2 is 2.20 bits per heavy atom. The molecule has 3 heteroatoms. The van der Waals surface area contributed by atoms with Crippen molar-refractivity contribution < 1.29 is 0 Å². The molecule has 1 saturated heterocycles. The molecule has 0 bridgehead atoms. The third-order valence-corrected chi connectivity index (χ3v) is 5.44. The van der Waals surface area contributed by atoms with E-state index in [1.165, 1.54) is 24.9 Å². The van der Waals surface area contributed by atoms with Crippen LogP contribution in [-0.2, 0) is 0 Å². The molecule has 1 aromatic rings. The van der Waals surface area contributed by atoms with Gasteiger partial charge in [-0.2, -0.15) is 0 Å². The van der Waals surface area contributed by atoms with E-state index in [1.54, 1.807) is 0 Å². The first-order chi connectivity index (χ1) is 7.09. The van der Waals surface area contributed by atoms with Gasteiger partial charge in [0.2, 0.25) is 0 Å². The van der Waals surface area contributed by atoms with E-state index in [1.807, 2.05) is 12.4 Å². The minimum absolute atomic E-state index is 0.630.